The van der Waals surface area contributed by atoms with Crippen LogP contribution >= 0.6 is 0 Å². The number of benzene rings is 1. The van der Waals surface area contributed by atoms with Crippen molar-refractivity contribution in [3.63, 3.8) is 0 Å². The molecule has 1 aromatic carbocycles. The third-order valence-corrected chi connectivity index (χ3v) is 2.83. The summed E-state index contributed by atoms with van der Waals surface area (Å²) in [5, 5.41) is 18.6. The summed E-state index contributed by atoms with van der Waals surface area (Å²) in [5.74, 6) is 0. The monoisotopic (exact) mass is 267 g/mol. The molecule has 0 aliphatic rings. The van der Waals surface area contributed by atoms with Gasteiger partial charge in [-0.1, -0.05) is 5.21 Å². The Morgan fingerprint density at radius 2 is 1.75 bits per heavy atom. The van der Waals surface area contributed by atoms with Crippen molar-refractivity contribution >= 4 is 5.69 Å². The minimum absolute atomic E-state index is 0.0525. The van der Waals surface area contributed by atoms with E-state index in [1.807, 2.05) is 12.1 Å². The van der Waals surface area contributed by atoms with Crippen LogP contribution in [0.1, 0.15) is 0 Å². The summed E-state index contributed by atoms with van der Waals surface area (Å²) < 4.78 is 1.66. The van der Waals surface area contributed by atoms with Crippen LogP contribution < -0.4 is 0 Å². The van der Waals surface area contributed by atoms with Crippen molar-refractivity contribution in [2.45, 2.75) is 0 Å². The van der Waals surface area contributed by atoms with Crippen molar-refractivity contribution < 1.29 is 4.92 Å². The Morgan fingerprint density at radius 3 is 2.40 bits per heavy atom. The first kappa shape index (κ1) is 12.0. The Hall–Kier alpha value is -3.09. The molecule has 0 aliphatic heterocycles. The van der Waals surface area contributed by atoms with Crippen LogP contribution in [0.25, 0.3) is 16.9 Å². The van der Waals surface area contributed by atoms with E-state index in [-0.39, 0.29) is 5.69 Å². The molecule has 7 heteroatoms. The van der Waals surface area contributed by atoms with E-state index in [0.29, 0.717) is 0 Å². The van der Waals surface area contributed by atoms with Gasteiger partial charge >= 0.3 is 0 Å². The summed E-state index contributed by atoms with van der Waals surface area (Å²) >= 11 is 0. The Bertz CT molecular complexity index is 737. The molecule has 0 saturated heterocycles. The lowest BCUT2D eigenvalue weighted by Crippen LogP contribution is -1.99. The molecule has 3 rings (SSSR count). The van der Waals surface area contributed by atoms with Crippen LogP contribution in [-0.4, -0.2) is 24.9 Å². The van der Waals surface area contributed by atoms with Gasteiger partial charge in [0.05, 0.1) is 22.5 Å². The number of nitrogens with zero attached hydrogens (tertiary/aromatic N) is 5. The Kier molecular flexibility index (Phi) is 2.92. The lowest BCUT2D eigenvalue weighted by Gasteiger charge is -2.05. The molecule has 20 heavy (non-hydrogen) atoms. The summed E-state index contributed by atoms with van der Waals surface area (Å²) in [6.07, 6.45) is 4.94. The second kappa shape index (κ2) is 4.88. The number of aromatic nitrogens is 4. The first-order valence-electron chi connectivity index (χ1n) is 5.81. The SMILES string of the molecule is O=[N+]([O-])c1ccc(-c2cnnn2-c2ccncc2)cc1. The number of nitro benzene ring substituents is 1. The molecule has 0 unspecified atom stereocenters. The maximum atomic E-state index is 10.7. The molecule has 0 atom stereocenters. The van der Waals surface area contributed by atoms with Gasteiger partial charge in [0.15, 0.2) is 0 Å². The molecule has 3 aromatic rings. The van der Waals surface area contributed by atoms with Crippen LogP contribution in [0.15, 0.2) is 55.0 Å². The highest BCUT2D eigenvalue weighted by atomic mass is 16.6. The van der Waals surface area contributed by atoms with Crippen LogP contribution in [0.3, 0.4) is 0 Å². The largest absolute Gasteiger partial charge is 0.269 e. The molecule has 0 N–H and O–H groups in total. The fourth-order valence-electron chi connectivity index (χ4n) is 1.86. The highest BCUT2D eigenvalue weighted by Crippen LogP contribution is 2.23. The van der Waals surface area contributed by atoms with Gasteiger partial charge < -0.3 is 0 Å². The van der Waals surface area contributed by atoms with Crippen LogP contribution in [0.2, 0.25) is 0 Å². The number of rotatable bonds is 3. The normalized spacial score (nSPS) is 10.4. The molecule has 0 radical (unpaired) electrons. The topological polar surface area (TPSA) is 86.7 Å². The molecule has 0 saturated carbocycles. The van der Waals surface area contributed by atoms with Gasteiger partial charge in [-0.25, -0.2) is 4.68 Å². The zero-order valence-electron chi connectivity index (χ0n) is 10.2. The Balaban J connectivity index is 2.04. The molecule has 0 aliphatic carbocycles. The second-order valence-electron chi connectivity index (χ2n) is 4.04. The van der Waals surface area contributed by atoms with E-state index in [0.717, 1.165) is 16.9 Å². The second-order valence-corrected chi connectivity index (χ2v) is 4.04. The molecule has 0 amide bonds. The Morgan fingerprint density at radius 1 is 1.05 bits per heavy atom. The van der Waals surface area contributed by atoms with Crippen LogP contribution in [-0.2, 0) is 0 Å². The third-order valence-electron chi connectivity index (χ3n) is 2.83. The maximum Gasteiger partial charge on any atom is 0.269 e. The number of non-ortho nitro benzene ring substituents is 1. The van der Waals surface area contributed by atoms with Gasteiger partial charge in [-0.05, 0) is 24.3 Å². The number of hydrogen-bond acceptors (Lipinski definition) is 5. The standard InChI is InChI=1S/C13H9N5O2/c19-18(20)12-3-1-10(2-4-12)13-9-15-16-17(13)11-5-7-14-8-6-11/h1-9H. The van der Waals surface area contributed by atoms with Gasteiger partial charge in [-0.15, -0.1) is 5.10 Å². The average molecular weight is 267 g/mol. The van der Waals surface area contributed by atoms with Crippen LogP contribution in [0, 0.1) is 10.1 Å². The van der Waals surface area contributed by atoms with Gasteiger partial charge in [-0.3, -0.25) is 15.1 Å². The Labute approximate surface area is 113 Å². The van der Waals surface area contributed by atoms with Crippen LogP contribution in [0.4, 0.5) is 5.69 Å². The molecule has 0 fully saturated rings. The van der Waals surface area contributed by atoms with E-state index in [1.165, 1.54) is 12.1 Å². The summed E-state index contributed by atoms with van der Waals surface area (Å²) in [7, 11) is 0. The van der Waals surface area contributed by atoms with Gasteiger partial charge in [-0.2, -0.15) is 0 Å². The molecular formula is C13H9N5O2. The zero-order chi connectivity index (χ0) is 13.9. The molecule has 2 heterocycles. The van der Waals surface area contributed by atoms with E-state index >= 15 is 0 Å². The first-order valence-corrected chi connectivity index (χ1v) is 5.81. The van der Waals surface area contributed by atoms with Crippen molar-refractivity contribution in [3.8, 4) is 16.9 Å². The lowest BCUT2D eigenvalue weighted by molar-refractivity contribution is -0.384. The van der Waals surface area contributed by atoms with Gasteiger partial charge in [0, 0.05) is 30.1 Å². The fraction of sp³-hybridized carbons (Fsp3) is 0. The fourth-order valence-corrected chi connectivity index (χ4v) is 1.86. The smallest absolute Gasteiger partial charge is 0.265 e. The van der Waals surface area contributed by atoms with E-state index in [2.05, 4.69) is 15.3 Å². The first-order chi connectivity index (χ1) is 9.75. The molecule has 7 nitrogen and oxygen atoms in total. The molecule has 0 spiro atoms. The van der Waals surface area contributed by atoms with Crippen molar-refractivity contribution in [1.82, 2.24) is 20.0 Å². The van der Waals surface area contributed by atoms with Crippen molar-refractivity contribution in [2.75, 3.05) is 0 Å². The van der Waals surface area contributed by atoms with Gasteiger partial charge in [0.25, 0.3) is 5.69 Å². The zero-order valence-corrected chi connectivity index (χ0v) is 10.2. The quantitative estimate of drug-likeness (QED) is 0.536. The molecule has 98 valence electrons. The number of hydrogen-bond donors (Lipinski definition) is 0. The summed E-state index contributed by atoms with van der Waals surface area (Å²) in [6, 6.07) is 9.88. The summed E-state index contributed by atoms with van der Waals surface area (Å²) in [6.45, 7) is 0. The van der Waals surface area contributed by atoms with Crippen molar-refractivity contribution in [3.05, 3.63) is 65.1 Å². The highest BCUT2D eigenvalue weighted by Gasteiger charge is 2.10. The number of pyridine rings is 1. The highest BCUT2D eigenvalue weighted by molar-refractivity contribution is 5.62. The minimum Gasteiger partial charge on any atom is -0.265 e. The van der Waals surface area contributed by atoms with E-state index in [4.69, 9.17) is 0 Å². The predicted octanol–water partition coefficient (Wildman–Crippen LogP) is 2.24. The maximum absolute atomic E-state index is 10.7. The van der Waals surface area contributed by atoms with Gasteiger partial charge in [0.1, 0.15) is 0 Å². The van der Waals surface area contributed by atoms with E-state index < -0.39 is 4.92 Å². The molecular weight excluding hydrogens is 258 g/mol. The van der Waals surface area contributed by atoms with Crippen molar-refractivity contribution in [2.24, 2.45) is 0 Å². The summed E-state index contributed by atoms with van der Waals surface area (Å²) in [4.78, 5) is 14.2. The molecule has 2 aromatic heterocycles. The van der Waals surface area contributed by atoms with Gasteiger partial charge in [0.2, 0.25) is 0 Å². The molecule has 0 bridgehead atoms. The minimum atomic E-state index is -0.428. The van der Waals surface area contributed by atoms with E-state index in [9.17, 15) is 10.1 Å². The predicted molar refractivity (Wildman–Crippen MR) is 71.2 cm³/mol. The lowest BCUT2D eigenvalue weighted by atomic mass is 10.1. The number of nitro groups is 1. The summed E-state index contributed by atoms with van der Waals surface area (Å²) in [5.41, 5.74) is 2.44. The van der Waals surface area contributed by atoms with Crippen LogP contribution in [0.5, 0.6) is 0 Å². The third kappa shape index (κ3) is 2.12. The van der Waals surface area contributed by atoms with Crippen molar-refractivity contribution in [1.29, 1.82) is 0 Å². The average Bonchev–Trinajstić information content (AvgIpc) is 2.97. The van der Waals surface area contributed by atoms with E-state index in [1.54, 1.807) is 35.4 Å².